The van der Waals surface area contributed by atoms with E-state index in [4.69, 9.17) is 0 Å². The summed E-state index contributed by atoms with van der Waals surface area (Å²) in [5.41, 5.74) is 1.60. The predicted molar refractivity (Wildman–Crippen MR) is 81.4 cm³/mol. The van der Waals surface area contributed by atoms with Gasteiger partial charge in [0.15, 0.2) is 5.78 Å². The van der Waals surface area contributed by atoms with E-state index in [1.165, 1.54) is 19.3 Å². The zero-order valence-electron chi connectivity index (χ0n) is 12.4. The molecule has 0 radical (unpaired) electrons. The van der Waals surface area contributed by atoms with Crippen LogP contribution in [0.1, 0.15) is 42.6 Å². The Kier molecular flexibility index (Phi) is 3.07. The highest BCUT2D eigenvalue weighted by Gasteiger charge is 2.39. The van der Waals surface area contributed by atoms with Gasteiger partial charge in [0.1, 0.15) is 11.3 Å². The number of rotatable bonds is 2. The lowest BCUT2D eigenvalue weighted by Gasteiger charge is -2.46. The Balaban J connectivity index is 1.63. The second kappa shape index (κ2) is 4.95. The average molecular weight is 283 g/mol. The first-order chi connectivity index (χ1) is 10.2. The van der Waals surface area contributed by atoms with Crippen LogP contribution in [0.15, 0.2) is 30.6 Å². The smallest absolute Gasteiger partial charge is 0.184 e. The molecule has 2 aliphatic rings. The Bertz CT molecular complexity index is 663. The molecule has 0 spiro atoms. The Hall–Kier alpha value is -1.68. The van der Waals surface area contributed by atoms with Gasteiger partial charge in [0, 0.05) is 24.2 Å². The average Bonchev–Trinajstić information content (AvgIpc) is 2.90. The van der Waals surface area contributed by atoms with E-state index in [-0.39, 0.29) is 11.7 Å². The van der Waals surface area contributed by atoms with Crippen LogP contribution in [0.2, 0.25) is 0 Å². The van der Waals surface area contributed by atoms with Crippen molar-refractivity contribution in [3.8, 4) is 0 Å². The van der Waals surface area contributed by atoms with Gasteiger partial charge in [-0.1, -0.05) is 12.5 Å². The Labute approximate surface area is 124 Å². The number of fused-ring (bicyclic) bond motifs is 3. The maximum absolute atomic E-state index is 12.9. The molecule has 2 bridgehead atoms. The standard InChI is InChI=1S/C17H21N3O/c1-19-13-5-4-6-14(19)10-12(9-13)17(21)15-11-18-16-7-2-3-8-20(15)16/h2-3,7-8,11-14H,4-6,9-10H2,1H3. The molecule has 4 nitrogen and oxygen atoms in total. The van der Waals surface area contributed by atoms with E-state index in [2.05, 4.69) is 16.9 Å². The van der Waals surface area contributed by atoms with Crippen molar-refractivity contribution in [2.75, 3.05) is 7.05 Å². The number of aromatic nitrogens is 2. The molecule has 4 rings (SSSR count). The first-order valence-electron chi connectivity index (χ1n) is 7.92. The summed E-state index contributed by atoms with van der Waals surface area (Å²) in [5.74, 6) is 0.440. The summed E-state index contributed by atoms with van der Waals surface area (Å²) in [6.45, 7) is 0. The SMILES string of the molecule is CN1C2CCCC1CC(C(=O)c1cnc3ccccn13)C2. The molecule has 4 heteroatoms. The van der Waals surface area contributed by atoms with Gasteiger partial charge in [-0.25, -0.2) is 4.98 Å². The minimum atomic E-state index is 0.164. The highest BCUT2D eigenvalue weighted by Crippen LogP contribution is 2.37. The van der Waals surface area contributed by atoms with Gasteiger partial charge in [0.25, 0.3) is 0 Å². The van der Waals surface area contributed by atoms with Crippen LogP contribution in [-0.2, 0) is 0 Å². The Morgan fingerprint density at radius 3 is 2.76 bits per heavy atom. The lowest BCUT2D eigenvalue weighted by molar-refractivity contribution is 0.0336. The number of pyridine rings is 1. The molecule has 4 heterocycles. The van der Waals surface area contributed by atoms with Crippen molar-refractivity contribution in [2.24, 2.45) is 5.92 Å². The zero-order chi connectivity index (χ0) is 14.4. The molecule has 0 aliphatic carbocycles. The van der Waals surface area contributed by atoms with Crippen LogP contribution in [-0.4, -0.2) is 39.2 Å². The lowest BCUT2D eigenvalue weighted by Crippen LogP contribution is -2.51. The van der Waals surface area contributed by atoms with Crippen molar-refractivity contribution in [2.45, 2.75) is 44.2 Å². The predicted octanol–water partition coefficient (Wildman–Crippen LogP) is 2.78. The number of nitrogens with zero attached hydrogens (tertiary/aromatic N) is 3. The van der Waals surface area contributed by atoms with E-state index in [0.29, 0.717) is 12.1 Å². The van der Waals surface area contributed by atoms with Crippen LogP contribution >= 0.6 is 0 Å². The fourth-order valence-electron chi connectivity index (χ4n) is 4.15. The lowest BCUT2D eigenvalue weighted by atomic mass is 9.76. The highest BCUT2D eigenvalue weighted by molar-refractivity contribution is 5.97. The van der Waals surface area contributed by atoms with E-state index in [1.807, 2.05) is 28.8 Å². The number of Topliss-reactive ketones (excluding diaryl/α,β-unsaturated/α-hetero) is 1. The van der Waals surface area contributed by atoms with Gasteiger partial charge in [-0.3, -0.25) is 9.20 Å². The van der Waals surface area contributed by atoms with Crippen molar-refractivity contribution < 1.29 is 4.79 Å². The molecule has 0 aromatic carbocycles. The third kappa shape index (κ3) is 2.09. The molecule has 110 valence electrons. The quantitative estimate of drug-likeness (QED) is 0.795. The van der Waals surface area contributed by atoms with Gasteiger partial charge >= 0.3 is 0 Å². The van der Waals surface area contributed by atoms with Crippen molar-refractivity contribution in [3.05, 3.63) is 36.3 Å². The molecule has 21 heavy (non-hydrogen) atoms. The van der Waals surface area contributed by atoms with E-state index in [1.54, 1.807) is 6.20 Å². The maximum Gasteiger partial charge on any atom is 0.184 e. The fraction of sp³-hybridized carbons (Fsp3) is 0.529. The van der Waals surface area contributed by atoms with Crippen LogP contribution in [0.25, 0.3) is 5.65 Å². The summed E-state index contributed by atoms with van der Waals surface area (Å²) in [4.78, 5) is 19.8. The number of hydrogen-bond donors (Lipinski definition) is 0. The molecule has 2 aromatic heterocycles. The summed E-state index contributed by atoms with van der Waals surface area (Å²) < 4.78 is 1.93. The highest BCUT2D eigenvalue weighted by atomic mass is 16.1. The number of ketones is 1. The fourth-order valence-corrected chi connectivity index (χ4v) is 4.15. The van der Waals surface area contributed by atoms with Crippen LogP contribution in [0, 0.1) is 5.92 Å². The van der Waals surface area contributed by atoms with Crippen LogP contribution in [0.3, 0.4) is 0 Å². The molecule has 2 saturated heterocycles. The molecule has 2 fully saturated rings. The topological polar surface area (TPSA) is 37.6 Å². The van der Waals surface area contributed by atoms with Gasteiger partial charge in [0.05, 0.1) is 6.20 Å². The van der Waals surface area contributed by atoms with Crippen molar-refractivity contribution in [1.29, 1.82) is 0 Å². The Morgan fingerprint density at radius 1 is 1.24 bits per heavy atom. The minimum Gasteiger partial charge on any atom is -0.300 e. The van der Waals surface area contributed by atoms with E-state index in [0.717, 1.165) is 24.2 Å². The third-order valence-electron chi connectivity index (χ3n) is 5.38. The molecule has 2 unspecified atom stereocenters. The summed E-state index contributed by atoms with van der Waals surface area (Å²) in [7, 11) is 2.23. The number of piperidine rings is 2. The molecule has 0 saturated carbocycles. The van der Waals surface area contributed by atoms with Crippen LogP contribution in [0.5, 0.6) is 0 Å². The molecule has 2 aromatic rings. The first kappa shape index (κ1) is 13.0. The maximum atomic E-state index is 12.9. The van der Waals surface area contributed by atoms with Gasteiger partial charge in [0.2, 0.25) is 0 Å². The summed E-state index contributed by atoms with van der Waals surface area (Å²) in [6, 6.07) is 7.03. The second-order valence-electron chi connectivity index (χ2n) is 6.51. The van der Waals surface area contributed by atoms with E-state index >= 15 is 0 Å². The molecule has 0 N–H and O–H groups in total. The van der Waals surface area contributed by atoms with Gasteiger partial charge in [-0.05, 0) is 44.9 Å². The molecule has 0 amide bonds. The summed E-state index contributed by atoms with van der Waals surface area (Å²) >= 11 is 0. The van der Waals surface area contributed by atoms with Gasteiger partial charge in [-0.15, -0.1) is 0 Å². The summed E-state index contributed by atoms with van der Waals surface area (Å²) in [6.07, 6.45) is 9.49. The molecule has 2 aliphatic heterocycles. The van der Waals surface area contributed by atoms with Crippen molar-refractivity contribution >= 4 is 11.4 Å². The Morgan fingerprint density at radius 2 is 2.00 bits per heavy atom. The minimum absolute atomic E-state index is 0.164. The number of hydrogen-bond acceptors (Lipinski definition) is 3. The van der Waals surface area contributed by atoms with Crippen LogP contribution in [0.4, 0.5) is 0 Å². The van der Waals surface area contributed by atoms with E-state index in [9.17, 15) is 4.79 Å². The number of carbonyl (C=O) groups is 1. The molecule has 2 atom stereocenters. The zero-order valence-corrected chi connectivity index (χ0v) is 12.4. The molecular weight excluding hydrogens is 262 g/mol. The second-order valence-corrected chi connectivity index (χ2v) is 6.51. The first-order valence-corrected chi connectivity index (χ1v) is 7.92. The normalized spacial score (nSPS) is 29.7. The van der Waals surface area contributed by atoms with Crippen LogP contribution < -0.4 is 0 Å². The van der Waals surface area contributed by atoms with Crippen molar-refractivity contribution in [1.82, 2.24) is 14.3 Å². The van der Waals surface area contributed by atoms with Gasteiger partial charge < -0.3 is 4.90 Å². The largest absolute Gasteiger partial charge is 0.300 e. The van der Waals surface area contributed by atoms with Crippen molar-refractivity contribution in [3.63, 3.8) is 0 Å². The number of carbonyl (C=O) groups excluding carboxylic acids is 1. The summed E-state index contributed by atoms with van der Waals surface area (Å²) in [5, 5.41) is 0. The van der Waals surface area contributed by atoms with Gasteiger partial charge in [-0.2, -0.15) is 0 Å². The third-order valence-corrected chi connectivity index (χ3v) is 5.38. The van der Waals surface area contributed by atoms with E-state index < -0.39 is 0 Å². The number of imidazole rings is 1. The monoisotopic (exact) mass is 283 g/mol. The molecular formula is C17H21N3O.